The summed E-state index contributed by atoms with van der Waals surface area (Å²) in [7, 11) is 0. The molecule has 7 heteroatoms. The minimum atomic E-state index is -0.804. The fourth-order valence-electron chi connectivity index (χ4n) is 2.93. The van der Waals surface area contributed by atoms with Gasteiger partial charge in [-0.15, -0.1) is 11.3 Å². The molecule has 1 aliphatic heterocycles. The first kappa shape index (κ1) is 17.7. The van der Waals surface area contributed by atoms with Gasteiger partial charge >= 0.3 is 6.03 Å². The molecular formula is C18H23N3O3S. The van der Waals surface area contributed by atoms with Crippen LogP contribution in [-0.4, -0.2) is 40.4 Å². The lowest BCUT2D eigenvalue weighted by Crippen LogP contribution is -2.40. The highest BCUT2D eigenvalue weighted by Crippen LogP contribution is 2.18. The monoisotopic (exact) mass is 361 g/mol. The van der Waals surface area contributed by atoms with E-state index in [0.29, 0.717) is 13.1 Å². The van der Waals surface area contributed by atoms with Crippen molar-refractivity contribution >= 4 is 23.3 Å². The Balaban J connectivity index is 1.57. The lowest BCUT2D eigenvalue weighted by atomic mass is 10.1. The lowest BCUT2D eigenvalue weighted by Gasteiger charge is -2.22. The van der Waals surface area contributed by atoms with Crippen molar-refractivity contribution in [3.63, 3.8) is 0 Å². The molecule has 2 aromatic heterocycles. The van der Waals surface area contributed by atoms with Gasteiger partial charge in [-0.25, -0.2) is 4.79 Å². The molecule has 1 saturated heterocycles. The number of amides is 3. The summed E-state index contributed by atoms with van der Waals surface area (Å²) in [6, 6.07) is 7.70. The van der Waals surface area contributed by atoms with Gasteiger partial charge < -0.3 is 9.73 Å². The largest absolute Gasteiger partial charge is 0.468 e. The minimum absolute atomic E-state index is 0.159. The van der Waals surface area contributed by atoms with Gasteiger partial charge in [0.1, 0.15) is 11.3 Å². The van der Waals surface area contributed by atoms with Crippen molar-refractivity contribution in [3.05, 3.63) is 46.5 Å². The van der Waals surface area contributed by atoms with Gasteiger partial charge in [0, 0.05) is 24.5 Å². The SMILES string of the molecule is CC1(C)NC(=O)N(CCCN(Cc2ccco2)Cc2cccs2)C1=O. The number of carbonyl (C=O) groups excluding carboxylic acids is 2. The Hall–Kier alpha value is -2.12. The molecule has 1 fully saturated rings. The van der Waals surface area contributed by atoms with Crippen molar-refractivity contribution in [3.8, 4) is 0 Å². The van der Waals surface area contributed by atoms with Gasteiger partial charge in [0.25, 0.3) is 5.91 Å². The molecule has 0 bridgehead atoms. The van der Waals surface area contributed by atoms with E-state index in [1.54, 1.807) is 31.4 Å². The number of nitrogens with one attached hydrogen (secondary N) is 1. The number of hydrogen-bond acceptors (Lipinski definition) is 5. The molecule has 0 aromatic carbocycles. The molecule has 0 aliphatic carbocycles. The van der Waals surface area contributed by atoms with Crippen LogP contribution in [0.25, 0.3) is 0 Å². The summed E-state index contributed by atoms with van der Waals surface area (Å²) in [6.45, 7) is 6.18. The van der Waals surface area contributed by atoms with Crippen LogP contribution in [0, 0.1) is 0 Å². The fourth-order valence-corrected chi connectivity index (χ4v) is 3.68. The molecule has 6 nitrogen and oxygen atoms in total. The second-order valence-corrected chi connectivity index (χ2v) is 7.77. The first-order valence-electron chi connectivity index (χ1n) is 8.37. The maximum atomic E-state index is 12.2. The Morgan fingerprint density at radius 2 is 2.08 bits per heavy atom. The van der Waals surface area contributed by atoms with Crippen LogP contribution in [0.3, 0.4) is 0 Å². The van der Waals surface area contributed by atoms with E-state index in [-0.39, 0.29) is 11.9 Å². The zero-order valence-electron chi connectivity index (χ0n) is 14.5. The number of rotatable bonds is 8. The molecule has 3 amide bonds. The first-order chi connectivity index (χ1) is 12.0. The first-order valence-corrected chi connectivity index (χ1v) is 9.25. The maximum absolute atomic E-state index is 12.2. The molecule has 134 valence electrons. The van der Waals surface area contributed by atoms with Crippen molar-refractivity contribution < 1.29 is 14.0 Å². The predicted octanol–water partition coefficient (Wildman–Crippen LogP) is 3.06. The molecule has 0 radical (unpaired) electrons. The Labute approximate surface area is 151 Å². The van der Waals surface area contributed by atoms with Crippen molar-refractivity contribution in [2.24, 2.45) is 0 Å². The van der Waals surface area contributed by atoms with Crippen molar-refractivity contribution in [1.29, 1.82) is 0 Å². The predicted molar refractivity (Wildman–Crippen MR) is 96.1 cm³/mol. The van der Waals surface area contributed by atoms with Gasteiger partial charge in [-0.05, 0) is 43.8 Å². The molecule has 2 aromatic rings. The Morgan fingerprint density at radius 3 is 2.68 bits per heavy atom. The lowest BCUT2D eigenvalue weighted by molar-refractivity contribution is -0.130. The van der Waals surface area contributed by atoms with E-state index >= 15 is 0 Å². The molecule has 3 rings (SSSR count). The highest BCUT2D eigenvalue weighted by atomic mass is 32.1. The molecule has 25 heavy (non-hydrogen) atoms. The molecule has 0 unspecified atom stereocenters. The van der Waals surface area contributed by atoms with Crippen LogP contribution in [0.15, 0.2) is 40.3 Å². The second kappa shape index (κ2) is 7.41. The highest BCUT2D eigenvalue weighted by molar-refractivity contribution is 7.09. The summed E-state index contributed by atoms with van der Waals surface area (Å²) in [5.74, 6) is 0.751. The molecular weight excluding hydrogens is 338 g/mol. The minimum Gasteiger partial charge on any atom is -0.468 e. The number of urea groups is 1. The van der Waals surface area contributed by atoms with Crippen LogP contribution in [-0.2, 0) is 17.9 Å². The third kappa shape index (κ3) is 4.29. The third-order valence-corrected chi connectivity index (χ3v) is 5.08. The van der Waals surface area contributed by atoms with Crippen LogP contribution in [0.4, 0.5) is 4.79 Å². The van der Waals surface area contributed by atoms with E-state index < -0.39 is 5.54 Å². The van der Waals surface area contributed by atoms with Crippen molar-refractivity contribution in [2.45, 2.75) is 38.9 Å². The number of hydrogen-bond donors (Lipinski definition) is 1. The van der Waals surface area contributed by atoms with Crippen LogP contribution in [0.1, 0.15) is 30.9 Å². The summed E-state index contributed by atoms with van der Waals surface area (Å²) in [4.78, 5) is 29.1. The summed E-state index contributed by atoms with van der Waals surface area (Å²) in [5, 5.41) is 4.78. The van der Waals surface area contributed by atoms with E-state index in [4.69, 9.17) is 4.42 Å². The third-order valence-electron chi connectivity index (χ3n) is 4.22. The van der Waals surface area contributed by atoms with Gasteiger partial charge in [0.15, 0.2) is 0 Å². The van der Waals surface area contributed by atoms with Crippen molar-refractivity contribution in [2.75, 3.05) is 13.1 Å². The average molecular weight is 361 g/mol. The number of thiophene rings is 1. The van der Waals surface area contributed by atoms with Crippen LogP contribution < -0.4 is 5.32 Å². The van der Waals surface area contributed by atoms with Crippen LogP contribution >= 0.6 is 11.3 Å². The number of furan rings is 1. The van der Waals surface area contributed by atoms with E-state index in [1.807, 2.05) is 18.2 Å². The standard InChI is InChI=1S/C18H23N3O3S/c1-18(2)16(22)21(17(23)19-18)9-5-8-20(12-14-6-3-10-24-14)13-15-7-4-11-25-15/h3-4,6-7,10-11H,5,8-9,12-13H2,1-2H3,(H,19,23). The van der Waals surface area contributed by atoms with E-state index in [9.17, 15) is 9.59 Å². The number of carbonyl (C=O) groups is 2. The van der Waals surface area contributed by atoms with E-state index in [2.05, 4.69) is 21.7 Å². The maximum Gasteiger partial charge on any atom is 0.325 e. The van der Waals surface area contributed by atoms with Gasteiger partial charge in [-0.1, -0.05) is 6.07 Å². The summed E-state index contributed by atoms with van der Waals surface area (Å²) in [5.41, 5.74) is -0.804. The second-order valence-electron chi connectivity index (χ2n) is 6.73. The van der Waals surface area contributed by atoms with E-state index in [0.717, 1.165) is 25.3 Å². The molecule has 1 aliphatic rings. The van der Waals surface area contributed by atoms with Gasteiger partial charge in [0.05, 0.1) is 12.8 Å². The molecule has 3 heterocycles. The highest BCUT2D eigenvalue weighted by Gasteiger charge is 2.43. The van der Waals surface area contributed by atoms with Crippen LogP contribution in [0.2, 0.25) is 0 Å². The number of imide groups is 1. The smallest absolute Gasteiger partial charge is 0.325 e. The quantitative estimate of drug-likeness (QED) is 0.734. The normalized spacial score (nSPS) is 16.7. The Kier molecular flexibility index (Phi) is 5.24. The Bertz CT molecular complexity index is 674. The molecule has 0 saturated carbocycles. The summed E-state index contributed by atoms with van der Waals surface area (Å²) >= 11 is 1.72. The van der Waals surface area contributed by atoms with Crippen molar-refractivity contribution in [1.82, 2.24) is 15.1 Å². The van der Waals surface area contributed by atoms with E-state index in [1.165, 1.54) is 9.78 Å². The zero-order valence-corrected chi connectivity index (χ0v) is 15.3. The fraction of sp³-hybridized carbons (Fsp3) is 0.444. The molecule has 0 spiro atoms. The Morgan fingerprint density at radius 1 is 1.24 bits per heavy atom. The average Bonchev–Trinajstić information content (AvgIpc) is 3.26. The topological polar surface area (TPSA) is 65.8 Å². The molecule has 0 atom stereocenters. The van der Waals surface area contributed by atoms with Gasteiger partial charge in [-0.2, -0.15) is 0 Å². The van der Waals surface area contributed by atoms with Gasteiger partial charge in [0.2, 0.25) is 0 Å². The summed E-state index contributed by atoms with van der Waals surface area (Å²) in [6.07, 6.45) is 2.40. The zero-order chi connectivity index (χ0) is 17.9. The number of nitrogens with zero attached hydrogens (tertiary/aromatic N) is 2. The summed E-state index contributed by atoms with van der Waals surface area (Å²) < 4.78 is 5.46. The van der Waals surface area contributed by atoms with Gasteiger partial charge in [-0.3, -0.25) is 14.6 Å². The van der Waals surface area contributed by atoms with Crippen LogP contribution in [0.5, 0.6) is 0 Å². The molecule has 1 N–H and O–H groups in total.